The Hall–Kier alpha value is -2.73. The van der Waals surface area contributed by atoms with Crippen molar-refractivity contribution in [1.29, 1.82) is 0 Å². The van der Waals surface area contributed by atoms with Crippen molar-refractivity contribution in [2.24, 2.45) is 0 Å². The van der Waals surface area contributed by atoms with Crippen LogP contribution in [0.1, 0.15) is 162 Å². The van der Waals surface area contributed by atoms with Gasteiger partial charge in [-0.2, -0.15) is 0 Å². The number of unbranched alkanes of at least 4 members (excludes halogenated alkanes) is 15. The fourth-order valence-electron chi connectivity index (χ4n) is 5.35. The van der Waals surface area contributed by atoms with Gasteiger partial charge in [-0.25, -0.2) is 4.79 Å². The third-order valence-corrected chi connectivity index (χ3v) is 8.54. The minimum atomic E-state index is -2.31. The number of hydrogen-bond acceptors (Lipinski definition) is 12. The predicted octanol–water partition coefficient (Wildman–Crippen LogP) is 7.01. The number of carbonyl (C=O) groups is 5. The summed E-state index contributed by atoms with van der Waals surface area (Å²) in [5.74, 6) is -4.25. The number of likely N-dealkylation sites (N-methyl/N-ethyl adjacent to an activating group) is 1. The molecular formula is C39H71NO11. The Kier molecular flexibility index (Phi) is 31.4. The number of esters is 5. The summed E-state index contributed by atoms with van der Waals surface area (Å²) < 4.78 is 27.3. The molecule has 0 aliphatic rings. The van der Waals surface area contributed by atoms with E-state index in [0.717, 1.165) is 96.3 Å². The first-order chi connectivity index (χ1) is 24.6. The lowest BCUT2D eigenvalue weighted by atomic mass is 9.94. The van der Waals surface area contributed by atoms with Gasteiger partial charge in [-0.15, -0.1) is 0 Å². The van der Waals surface area contributed by atoms with Crippen molar-refractivity contribution < 1.29 is 52.8 Å². The number of aliphatic hydroxyl groups excluding tert-OH is 1. The summed E-state index contributed by atoms with van der Waals surface area (Å²) in [6.45, 7) is 7.53. The lowest BCUT2D eigenvalue weighted by Crippen LogP contribution is -2.49. The molecule has 51 heavy (non-hydrogen) atoms. The summed E-state index contributed by atoms with van der Waals surface area (Å²) in [5, 5.41) is 9.02. The van der Waals surface area contributed by atoms with Crippen LogP contribution in [-0.4, -0.2) is 98.6 Å². The Labute approximate surface area is 308 Å². The molecule has 0 aliphatic heterocycles. The van der Waals surface area contributed by atoms with Gasteiger partial charge in [0, 0.05) is 13.1 Å². The minimum absolute atomic E-state index is 0.0287. The van der Waals surface area contributed by atoms with Gasteiger partial charge in [-0.3, -0.25) is 19.2 Å². The molecule has 1 N–H and O–H groups in total. The Bertz CT molecular complexity index is 895. The summed E-state index contributed by atoms with van der Waals surface area (Å²) in [5.41, 5.74) is -2.31. The lowest BCUT2D eigenvalue weighted by molar-refractivity contribution is -0.192. The normalized spacial score (nSPS) is 11.3. The van der Waals surface area contributed by atoms with Crippen LogP contribution in [0.5, 0.6) is 0 Å². The van der Waals surface area contributed by atoms with Gasteiger partial charge in [0.05, 0.1) is 52.1 Å². The van der Waals surface area contributed by atoms with Crippen LogP contribution in [0.15, 0.2) is 0 Å². The third-order valence-electron chi connectivity index (χ3n) is 8.54. The smallest absolute Gasteiger partial charge is 0.351 e. The predicted molar refractivity (Wildman–Crippen MR) is 196 cm³/mol. The quantitative estimate of drug-likeness (QED) is 0.0405. The second-order valence-electron chi connectivity index (χ2n) is 13.4. The largest absolute Gasteiger partial charge is 0.466 e. The molecule has 0 saturated heterocycles. The highest BCUT2D eigenvalue weighted by Gasteiger charge is 2.49. The molecule has 0 aromatic carbocycles. The van der Waals surface area contributed by atoms with Gasteiger partial charge in [0.2, 0.25) is 5.60 Å². The molecule has 0 heterocycles. The highest BCUT2D eigenvalue weighted by atomic mass is 16.6. The van der Waals surface area contributed by atoms with Gasteiger partial charge in [-0.05, 0) is 26.3 Å². The van der Waals surface area contributed by atoms with E-state index in [1.807, 2.05) is 0 Å². The van der Waals surface area contributed by atoms with Crippen molar-refractivity contribution in [3.63, 3.8) is 0 Å². The first-order valence-electron chi connectivity index (χ1n) is 19.8. The van der Waals surface area contributed by atoms with Crippen LogP contribution in [0.2, 0.25) is 0 Å². The monoisotopic (exact) mass is 730 g/mol. The van der Waals surface area contributed by atoms with Crippen LogP contribution in [0, 0.1) is 0 Å². The van der Waals surface area contributed by atoms with E-state index in [1.54, 1.807) is 11.9 Å². The van der Waals surface area contributed by atoms with Gasteiger partial charge >= 0.3 is 29.8 Å². The highest BCUT2D eigenvalue weighted by molar-refractivity contribution is 5.92. The topological polar surface area (TPSA) is 155 Å². The first kappa shape index (κ1) is 48.3. The highest BCUT2D eigenvalue weighted by Crippen LogP contribution is 2.27. The number of hydrogen-bond donors (Lipinski definition) is 1. The Morgan fingerprint density at radius 3 is 1.33 bits per heavy atom. The summed E-state index contributed by atoms with van der Waals surface area (Å²) in [4.78, 5) is 67.3. The van der Waals surface area contributed by atoms with Crippen molar-refractivity contribution in [2.45, 2.75) is 168 Å². The van der Waals surface area contributed by atoms with Crippen molar-refractivity contribution in [3.05, 3.63) is 0 Å². The average Bonchev–Trinajstić information content (AvgIpc) is 3.09. The van der Waals surface area contributed by atoms with Gasteiger partial charge in [-0.1, -0.05) is 117 Å². The molecule has 0 unspecified atom stereocenters. The maximum Gasteiger partial charge on any atom is 0.351 e. The van der Waals surface area contributed by atoms with Crippen molar-refractivity contribution in [2.75, 3.05) is 53.2 Å². The number of aliphatic hydroxyl groups is 1. The van der Waals surface area contributed by atoms with Gasteiger partial charge in [0.25, 0.3) is 0 Å². The molecule has 0 aliphatic carbocycles. The number of ether oxygens (including phenoxy) is 5. The number of carbonyl (C=O) groups excluding carboxylic acids is 5. The summed E-state index contributed by atoms with van der Waals surface area (Å²) in [7, 11) is 1.77. The van der Waals surface area contributed by atoms with Gasteiger partial charge < -0.3 is 33.7 Å². The molecular weight excluding hydrogens is 658 g/mol. The summed E-state index contributed by atoms with van der Waals surface area (Å²) in [6, 6.07) is 0. The Morgan fingerprint density at radius 2 is 0.882 bits per heavy atom. The zero-order chi connectivity index (χ0) is 38.0. The Balaban J connectivity index is 5.72. The molecule has 0 amide bonds. The van der Waals surface area contributed by atoms with Crippen LogP contribution in [-0.2, 0) is 47.7 Å². The summed E-state index contributed by atoms with van der Waals surface area (Å²) in [6.07, 6.45) is 15.3. The van der Waals surface area contributed by atoms with E-state index in [2.05, 4.69) is 20.8 Å². The van der Waals surface area contributed by atoms with Crippen LogP contribution in [0.3, 0.4) is 0 Å². The van der Waals surface area contributed by atoms with Crippen LogP contribution in [0.4, 0.5) is 0 Å². The molecule has 0 atom stereocenters. The molecule has 12 nitrogen and oxygen atoms in total. The minimum Gasteiger partial charge on any atom is -0.466 e. The maximum absolute atomic E-state index is 13.7. The molecule has 0 spiro atoms. The van der Waals surface area contributed by atoms with E-state index in [1.165, 1.54) is 0 Å². The van der Waals surface area contributed by atoms with E-state index >= 15 is 0 Å². The summed E-state index contributed by atoms with van der Waals surface area (Å²) >= 11 is 0. The zero-order valence-corrected chi connectivity index (χ0v) is 32.5. The molecule has 0 aromatic rings. The molecule has 0 saturated carbocycles. The number of rotatable bonds is 35. The van der Waals surface area contributed by atoms with E-state index < -0.39 is 54.7 Å². The second-order valence-corrected chi connectivity index (χ2v) is 13.4. The van der Waals surface area contributed by atoms with Gasteiger partial charge in [0.15, 0.2) is 0 Å². The van der Waals surface area contributed by atoms with Crippen LogP contribution < -0.4 is 0 Å². The standard InChI is InChI=1S/C39H71NO11/c1-5-8-11-14-17-20-28-47-36(44)32-39(38(46)50-30-22-19-16-13-10-7-3,33-37(45)48-29-21-18-15-12-9-6-2)51-35(43)24-23-34(42)49-31-26-40(4)25-27-41/h41H,5-33H2,1-4H3. The van der Waals surface area contributed by atoms with E-state index in [0.29, 0.717) is 32.4 Å². The molecule has 0 radical (unpaired) electrons. The molecule has 0 rings (SSSR count). The van der Waals surface area contributed by atoms with E-state index in [9.17, 15) is 24.0 Å². The first-order valence-corrected chi connectivity index (χ1v) is 19.8. The molecule has 0 fully saturated rings. The van der Waals surface area contributed by atoms with Crippen molar-refractivity contribution in [3.8, 4) is 0 Å². The number of nitrogens with zero attached hydrogens (tertiary/aromatic N) is 1. The van der Waals surface area contributed by atoms with E-state index in [4.69, 9.17) is 28.8 Å². The van der Waals surface area contributed by atoms with Crippen molar-refractivity contribution >= 4 is 29.8 Å². The fourth-order valence-corrected chi connectivity index (χ4v) is 5.35. The molecule has 12 heteroatoms. The fraction of sp³-hybridized carbons (Fsp3) is 0.872. The van der Waals surface area contributed by atoms with Gasteiger partial charge in [0.1, 0.15) is 6.61 Å². The average molecular weight is 730 g/mol. The lowest BCUT2D eigenvalue weighted by Gasteiger charge is -2.30. The molecule has 298 valence electrons. The van der Waals surface area contributed by atoms with Crippen LogP contribution in [0.25, 0.3) is 0 Å². The van der Waals surface area contributed by atoms with Crippen LogP contribution >= 0.6 is 0 Å². The van der Waals surface area contributed by atoms with E-state index in [-0.39, 0.29) is 39.5 Å². The molecule has 0 aromatic heterocycles. The maximum atomic E-state index is 13.7. The second kappa shape index (κ2) is 33.1. The molecule has 0 bridgehead atoms. The SMILES string of the molecule is CCCCCCCCOC(=O)CC(CC(=O)OCCCCCCCC)(OC(=O)CCC(=O)OCCN(C)CCO)C(=O)OCCCCCCCC. The van der Waals surface area contributed by atoms with Crippen molar-refractivity contribution in [1.82, 2.24) is 4.90 Å². The Morgan fingerprint density at radius 1 is 0.490 bits per heavy atom. The third kappa shape index (κ3) is 27.6. The zero-order valence-electron chi connectivity index (χ0n) is 32.5.